The molecular formula is C18H28Cl2. The lowest BCUT2D eigenvalue weighted by Gasteiger charge is -1.98. The van der Waals surface area contributed by atoms with E-state index in [1.54, 1.807) is 0 Å². The average Bonchev–Trinajstić information content (AvgIpc) is 2.51. The Morgan fingerprint density at radius 1 is 0.950 bits per heavy atom. The van der Waals surface area contributed by atoms with E-state index >= 15 is 0 Å². The molecule has 0 aliphatic heterocycles. The molecule has 0 aromatic heterocycles. The highest BCUT2D eigenvalue weighted by atomic mass is 35.5. The van der Waals surface area contributed by atoms with Gasteiger partial charge >= 0.3 is 0 Å². The minimum atomic E-state index is 0.827. The van der Waals surface area contributed by atoms with Crippen LogP contribution >= 0.6 is 23.2 Å². The Morgan fingerprint density at radius 2 is 1.55 bits per heavy atom. The highest BCUT2D eigenvalue weighted by Gasteiger charge is 1.94. The van der Waals surface area contributed by atoms with Crippen molar-refractivity contribution in [3.05, 3.63) is 42.0 Å². The summed E-state index contributed by atoms with van der Waals surface area (Å²) in [5.41, 5.74) is 1.12. The molecule has 2 heteroatoms. The Kier molecular flexibility index (Phi) is 14.6. The van der Waals surface area contributed by atoms with E-state index in [2.05, 4.69) is 19.9 Å². The molecule has 0 fully saturated rings. The van der Waals surface area contributed by atoms with Gasteiger partial charge in [0, 0.05) is 10.9 Å². The molecule has 0 atom stereocenters. The first kappa shape index (κ1) is 19.5. The first-order valence-corrected chi connectivity index (χ1v) is 8.64. The Hall–Kier alpha value is -0.460. The van der Waals surface area contributed by atoms with E-state index in [0.29, 0.717) is 0 Å². The van der Waals surface area contributed by atoms with Gasteiger partial charge in [-0.2, -0.15) is 0 Å². The summed E-state index contributed by atoms with van der Waals surface area (Å²) < 4.78 is 0. The van der Waals surface area contributed by atoms with Crippen molar-refractivity contribution in [2.75, 3.05) is 5.88 Å². The van der Waals surface area contributed by atoms with Crippen molar-refractivity contribution in [1.82, 2.24) is 0 Å². The van der Waals surface area contributed by atoms with Gasteiger partial charge in [0.1, 0.15) is 0 Å². The number of benzene rings is 1. The normalized spacial score (nSPS) is 10.9. The molecule has 114 valence electrons. The van der Waals surface area contributed by atoms with Crippen LogP contribution in [0.4, 0.5) is 0 Å². The van der Waals surface area contributed by atoms with E-state index in [-0.39, 0.29) is 0 Å². The second-order valence-electron chi connectivity index (χ2n) is 4.81. The van der Waals surface area contributed by atoms with Gasteiger partial charge in [-0.15, -0.1) is 11.6 Å². The van der Waals surface area contributed by atoms with Crippen LogP contribution in [-0.2, 0) is 0 Å². The first-order chi connectivity index (χ1) is 9.76. The molecule has 0 saturated carbocycles. The van der Waals surface area contributed by atoms with Gasteiger partial charge in [-0.05, 0) is 24.8 Å². The SMILES string of the molecule is CCCCCC=C(Cl)c1ccccc1.CCCCCCl. The zero-order valence-electron chi connectivity index (χ0n) is 12.9. The minimum absolute atomic E-state index is 0.827. The molecule has 0 aliphatic rings. The summed E-state index contributed by atoms with van der Waals surface area (Å²) >= 11 is 11.5. The Labute approximate surface area is 135 Å². The predicted octanol–water partition coefficient (Wildman–Crippen LogP) is 7.26. The van der Waals surface area contributed by atoms with Crippen LogP contribution in [0.3, 0.4) is 0 Å². The molecule has 0 amide bonds. The smallest absolute Gasteiger partial charge is 0.0438 e. The van der Waals surface area contributed by atoms with Gasteiger partial charge in [-0.3, -0.25) is 0 Å². The zero-order chi connectivity index (χ0) is 15.1. The molecule has 0 bridgehead atoms. The number of halogens is 2. The van der Waals surface area contributed by atoms with E-state index in [9.17, 15) is 0 Å². The van der Waals surface area contributed by atoms with E-state index < -0.39 is 0 Å². The number of rotatable bonds is 8. The van der Waals surface area contributed by atoms with Crippen LogP contribution in [0.2, 0.25) is 0 Å². The highest BCUT2D eigenvalue weighted by molar-refractivity contribution is 6.48. The summed E-state index contributed by atoms with van der Waals surface area (Å²) in [6.07, 6.45) is 10.7. The molecule has 0 unspecified atom stereocenters. The first-order valence-electron chi connectivity index (χ1n) is 7.73. The van der Waals surface area contributed by atoms with Gasteiger partial charge in [-0.1, -0.05) is 87.5 Å². The highest BCUT2D eigenvalue weighted by Crippen LogP contribution is 2.19. The Morgan fingerprint density at radius 3 is 2.05 bits per heavy atom. The minimum Gasteiger partial charge on any atom is -0.127 e. The van der Waals surface area contributed by atoms with Crippen molar-refractivity contribution in [3.8, 4) is 0 Å². The standard InChI is InChI=1S/C13H17Cl.C5H11Cl/c1-2-3-4-8-11-13(14)12-9-6-5-7-10-12;1-2-3-4-5-6/h5-7,9-11H,2-4,8H2,1H3;2-5H2,1H3. The van der Waals surface area contributed by atoms with Crippen molar-refractivity contribution in [2.24, 2.45) is 0 Å². The molecule has 0 radical (unpaired) electrons. The number of hydrogen-bond acceptors (Lipinski definition) is 0. The van der Waals surface area contributed by atoms with Gasteiger partial charge in [0.2, 0.25) is 0 Å². The fourth-order valence-electron chi connectivity index (χ4n) is 1.68. The molecular weight excluding hydrogens is 287 g/mol. The Bertz CT molecular complexity index is 327. The van der Waals surface area contributed by atoms with Crippen molar-refractivity contribution in [1.29, 1.82) is 0 Å². The summed E-state index contributed by atoms with van der Waals surface area (Å²) in [7, 11) is 0. The second-order valence-corrected chi connectivity index (χ2v) is 5.60. The molecule has 0 heterocycles. The third kappa shape index (κ3) is 11.4. The van der Waals surface area contributed by atoms with Crippen LogP contribution in [-0.4, -0.2) is 5.88 Å². The van der Waals surface area contributed by atoms with Crippen LogP contribution in [0.25, 0.3) is 5.03 Å². The van der Waals surface area contributed by atoms with Gasteiger partial charge in [0.05, 0.1) is 0 Å². The summed E-state index contributed by atoms with van der Waals surface area (Å²) in [5.74, 6) is 0.827. The maximum absolute atomic E-state index is 6.15. The van der Waals surface area contributed by atoms with Gasteiger partial charge < -0.3 is 0 Å². The lowest BCUT2D eigenvalue weighted by molar-refractivity contribution is 0.730. The summed E-state index contributed by atoms with van der Waals surface area (Å²) in [6, 6.07) is 10.1. The summed E-state index contributed by atoms with van der Waals surface area (Å²) in [6.45, 7) is 4.38. The topological polar surface area (TPSA) is 0 Å². The fourth-order valence-corrected chi connectivity index (χ4v) is 2.11. The van der Waals surface area contributed by atoms with Crippen molar-refractivity contribution < 1.29 is 0 Å². The number of hydrogen-bond donors (Lipinski definition) is 0. The second kappa shape index (κ2) is 14.9. The van der Waals surface area contributed by atoms with Crippen molar-refractivity contribution in [3.63, 3.8) is 0 Å². The largest absolute Gasteiger partial charge is 0.127 e. The van der Waals surface area contributed by atoms with Gasteiger partial charge in [0.15, 0.2) is 0 Å². The van der Waals surface area contributed by atoms with Crippen LogP contribution in [0.15, 0.2) is 36.4 Å². The Balaban J connectivity index is 0.000000511. The maximum atomic E-state index is 6.15. The molecule has 0 N–H and O–H groups in total. The third-order valence-corrected chi connectivity index (χ3v) is 3.56. The molecule has 1 rings (SSSR count). The van der Waals surface area contributed by atoms with Crippen LogP contribution in [0, 0.1) is 0 Å². The van der Waals surface area contributed by atoms with E-state index in [4.69, 9.17) is 23.2 Å². The van der Waals surface area contributed by atoms with Crippen molar-refractivity contribution >= 4 is 28.2 Å². The molecule has 0 spiro atoms. The molecule has 0 saturated heterocycles. The summed E-state index contributed by atoms with van der Waals surface area (Å²) in [5, 5.41) is 0.877. The monoisotopic (exact) mass is 314 g/mol. The van der Waals surface area contributed by atoms with Gasteiger partial charge in [-0.25, -0.2) is 0 Å². The number of allylic oxidation sites excluding steroid dienone is 1. The number of unbranched alkanes of at least 4 members (excludes halogenated alkanes) is 5. The van der Waals surface area contributed by atoms with Gasteiger partial charge in [0.25, 0.3) is 0 Å². The van der Waals surface area contributed by atoms with E-state index in [0.717, 1.165) is 22.9 Å². The van der Waals surface area contributed by atoms with Crippen LogP contribution in [0.5, 0.6) is 0 Å². The molecule has 20 heavy (non-hydrogen) atoms. The van der Waals surface area contributed by atoms with Crippen molar-refractivity contribution in [2.45, 2.75) is 58.8 Å². The lowest BCUT2D eigenvalue weighted by atomic mass is 10.1. The zero-order valence-corrected chi connectivity index (χ0v) is 14.4. The summed E-state index contributed by atoms with van der Waals surface area (Å²) in [4.78, 5) is 0. The fraction of sp³-hybridized carbons (Fsp3) is 0.556. The molecule has 1 aromatic rings. The lowest BCUT2D eigenvalue weighted by Crippen LogP contribution is -1.77. The molecule has 0 nitrogen and oxygen atoms in total. The quantitative estimate of drug-likeness (QED) is 0.350. The maximum Gasteiger partial charge on any atom is 0.0438 e. The third-order valence-electron chi connectivity index (χ3n) is 2.92. The van der Waals surface area contributed by atoms with Crippen LogP contribution < -0.4 is 0 Å². The molecule has 0 aliphatic carbocycles. The van der Waals surface area contributed by atoms with Crippen LogP contribution in [0.1, 0.15) is 64.4 Å². The predicted molar refractivity (Wildman–Crippen MR) is 94.7 cm³/mol. The molecule has 1 aromatic carbocycles. The average molecular weight is 315 g/mol. The van der Waals surface area contributed by atoms with E-state index in [1.807, 2.05) is 30.3 Å². The van der Waals surface area contributed by atoms with E-state index in [1.165, 1.54) is 38.5 Å². The number of alkyl halides is 1.